The summed E-state index contributed by atoms with van der Waals surface area (Å²) in [7, 11) is 0. The summed E-state index contributed by atoms with van der Waals surface area (Å²) in [5.74, 6) is -1.66. The van der Waals surface area contributed by atoms with Crippen molar-refractivity contribution in [2.75, 3.05) is 19.8 Å². The second kappa shape index (κ2) is 9.77. The number of rotatable bonds is 10. The van der Waals surface area contributed by atoms with E-state index in [1.807, 2.05) is 6.92 Å². The number of carbonyl (C=O) groups is 3. The lowest BCUT2D eigenvalue weighted by atomic mass is 9.71. The largest absolute Gasteiger partial charge is 0.466 e. The normalized spacial score (nSPS) is 35.4. The fourth-order valence-electron chi connectivity index (χ4n) is 5.40. The molecule has 4 unspecified atom stereocenters. The summed E-state index contributed by atoms with van der Waals surface area (Å²) in [5, 5.41) is 12.2. The van der Waals surface area contributed by atoms with Gasteiger partial charge in [-0.15, -0.1) is 11.8 Å². The minimum atomic E-state index is -0.622. The quantitative estimate of drug-likeness (QED) is 0.268. The van der Waals surface area contributed by atoms with Crippen molar-refractivity contribution in [2.45, 2.75) is 79.8 Å². The number of alkyl halides is 1. The average Bonchev–Trinajstić information content (AvgIpc) is 3.26. The average molecular weight is 505 g/mol. The molecule has 0 aliphatic carbocycles. The molecule has 1 spiro atoms. The number of halogens is 1. The highest BCUT2D eigenvalue weighted by Gasteiger charge is 2.75. The van der Waals surface area contributed by atoms with Gasteiger partial charge in [-0.25, -0.2) is 0 Å². The highest BCUT2D eigenvalue weighted by molar-refractivity contribution is 9.09. The molecule has 3 saturated heterocycles. The number of thioether (sulfide) groups is 1. The first kappa shape index (κ1) is 23.9. The van der Waals surface area contributed by atoms with Gasteiger partial charge >= 0.3 is 5.97 Å². The Morgan fingerprint density at radius 1 is 1.40 bits per heavy atom. The van der Waals surface area contributed by atoms with Gasteiger partial charge in [0.2, 0.25) is 11.8 Å². The number of amides is 2. The molecule has 0 saturated carbocycles. The van der Waals surface area contributed by atoms with Crippen LogP contribution < -0.4 is 5.32 Å². The number of nitrogens with one attached hydrogen (secondary N) is 1. The van der Waals surface area contributed by atoms with E-state index in [4.69, 9.17) is 4.74 Å². The third-order valence-corrected chi connectivity index (χ3v) is 9.73. The molecule has 2 bridgehead atoms. The van der Waals surface area contributed by atoms with Crippen LogP contribution in [0.25, 0.3) is 0 Å². The molecule has 3 fully saturated rings. The van der Waals surface area contributed by atoms with Gasteiger partial charge in [0.1, 0.15) is 6.04 Å². The van der Waals surface area contributed by atoms with E-state index < -0.39 is 22.6 Å². The maximum atomic E-state index is 13.6. The van der Waals surface area contributed by atoms with Gasteiger partial charge in [0, 0.05) is 29.3 Å². The molecule has 0 aromatic rings. The minimum Gasteiger partial charge on any atom is -0.466 e. The fraction of sp³-hybridized carbons (Fsp3) is 0.857. The minimum absolute atomic E-state index is 0.0246. The van der Waals surface area contributed by atoms with Gasteiger partial charge in [-0.2, -0.15) is 0 Å². The number of ether oxygens (including phenoxy) is 1. The Hall–Kier alpha value is -0.800. The molecule has 7 atom stereocenters. The molecule has 0 aromatic heterocycles. The summed E-state index contributed by atoms with van der Waals surface area (Å²) in [6.45, 7) is 6.55. The molecule has 3 heterocycles. The zero-order valence-electron chi connectivity index (χ0n) is 17.9. The molecule has 7 nitrogen and oxygen atoms in total. The van der Waals surface area contributed by atoms with Crippen molar-refractivity contribution in [1.82, 2.24) is 10.2 Å². The van der Waals surface area contributed by atoms with E-state index in [-0.39, 0.29) is 47.1 Å². The number of likely N-dealkylation sites (tertiary alicyclic amines) is 1. The van der Waals surface area contributed by atoms with Crippen molar-refractivity contribution < 1.29 is 24.2 Å². The van der Waals surface area contributed by atoms with Gasteiger partial charge < -0.3 is 20.1 Å². The van der Waals surface area contributed by atoms with E-state index in [0.29, 0.717) is 25.8 Å². The number of aliphatic hydroxyl groups excluding tert-OH is 1. The van der Waals surface area contributed by atoms with E-state index >= 15 is 0 Å². The molecule has 170 valence electrons. The second-order valence-corrected chi connectivity index (χ2v) is 11.3. The van der Waals surface area contributed by atoms with Gasteiger partial charge in [0.25, 0.3) is 0 Å². The maximum absolute atomic E-state index is 13.6. The summed E-state index contributed by atoms with van der Waals surface area (Å²) in [6.07, 6.45) is 3.70. The molecule has 30 heavy (non-hydrogen) atoms. The molecule has 0 aromatic carbocycles. The number of aliphatic hydroxyl groups is 1. The molecule has 9 heteroatoms. The molecule has 0 radical (unpaired) electrons. The predicted octanol–water partition coefficient (Wildman–Crippen LogP) is 2.09. The van der Waals surface area contributed by atoms with Gasteiger partial charge in [-0.05, 0) is 39.5 Å². The third kappa shape index (κ3) is 4.01. The molecule has 2 N–H and O–H groups in total. The fourth-order valence-corrected chi connectivity index (χ4v) is 9.00. The van der Waals surface area contributed by atoms with Crippen molar-refractivity contribution in [3.8, 4) is 0 Å². The van der Waals surface area contributed by atoms with Crippen LogP contribution in [0.15, 0.2) is 0 Å². The van der Waals surface area contributed by atoms with Crippen LogP contribution in [-0.2, 0) is 19.1 Å². The first-order valence-electron chi connectivity index (χ1n) is 11.0. The number of esters is 1. The van der Waals surface area contributed by atoms with Gasteiger partial charge in [0.05, 0.1) is 23.2 Å². The number of hydrogen-bond donors (Lipinski definition) is 2. The summed E-state index contributed by atoms with van der Waals surface area (Å²) in [6, 6.07) is -0.584. The second-order valence-electron chi connectivity index (χ2n) is 8.58. The lowest BCUT2D eigenvalue weighted by Crippen LogP contribution is -2.55. The summed E-state index contributed by atoms with van der Waals surface area (Å²) in [5.41, 5.74) is 0. The Balaban J connectivity index is 1.94. The molecule has 3 rings (SSSR count). The SMILES string of the molecule is CCCC(C)NC(=O)C1N(CCCCO)C(=O)[C@@H]2[C@@H](C(=O)OCC)[C@@H]3SC12CC3Br. The Morgan fingerprint density at radius 3 is 2.77 bits per heavy atom. The Morgan fingerprint density at radius 2 is 2.13 bits per heavy atom. The van der Waals surface area contributed by atoms with E-state index in [9.17, 15) is 19.5 Å². The van der Waals surface area contributed by atoms with Crippen molar-refractivity contribution in [1.29, 1.82) is 0 Å². The van der Waals surface area contributed by atoms with Crippen LogP contribution in [0.2, 0.25) is 0 Å². The van der Waals surface area contributed by atoms with Gasteiger partial charge in [0.15, 0.2) is 0 Å². The summed E-state index contributed by atoms with van der Waals surface area (Å²) < 4.78 is 4.71. The van der Waals surface area contributed by atoms with E-state index in [2.05, 4.69) is 28.2 Å². The summed E-state index contributed by atoms with van der Waals surface area (Å²) >= 11 is 5.34. The standard InChI is InChI=1S/C21H33BrN2O5S/c1-4-8-12(3)23-18(26)17-21-11-13(22)16(30-21)14(20(28)29-5-2)15(21)19(27)24(17)9-6-7-10-25/h12-17,25H,4-11H2,1-3H3,(H,23,26)/t12?,13?,14-,15+,16-,17?,21?/m1/s1. The van der Waals surface area contributed by atoms with E-state index in [1.54, 1.807) is 23.6 Å². The molecular weight excluding hydrogens is 472 g/mol. The first-order valence-corrected chi connectivity index (χ1v) is 12.8. The number of unbranched alkanes of at least 4 members (excludes halogenated alkanes) is 1. The molecule has 3 aliphatic heterocycles. The highest BCUT2D eigenvalue weighted by Crippen LogP contribution is 2.67. The van der Waals surface area contributed by atoms with Crippen molar-refractivity contribution in [2.24, 2.45) is 11.8 Å². The molecular formula is C21H33BrN2O5S. The predicted molar refractivity (Wildman–Crippen MR) is 119 cm³/mol. The van der Waals surface area contributed by atoms with Gasteiger partial charge in [-0.1, -0.05) is 29.3 Å². The maximum Gasteiger partial charge on any atom is 0.310 e. The van der Waals surface area contributed by atoms with Crippen LogP contribution in [0.1, 0.15) is 52.9 Å². The van der Waals surface area contributed by atoms with E-state index in [1.165, 1.54) is 0 Å². The highest BCUT2D eigenvalue weighted by atomic mass is 79.9. The van der Waals surface area contributed by atoms with Gasteiger partial charge in [-0.3, -0.25) is 14.4 Å². The lowest BCUT2D eigenvalue weighted by Gasteiger charge is -2.35. The van der Waals surface area contributed by atoms with Crippen LogP contribution in [0.5, 0.6) is 0 Å². The Labute approximate surface area is 191 Å². The zero-order valence-corrected chi connectivity index (χ0v) is 20.3. The van der Waals surface area contributed by atoms with E-state index in [0.717, 1.165) is 12.8 Å². The third-order valence-electron chi connectivity index (χ3n) is 6.51. The number of hydrogen-bond acceptors (Lipinski definition) is 6. The van der Waals surface area contributed by atoms with Crippen LogP contribution in [0.4, 0.5) is 0 Å². The topological polar surface area (TPSA) is 95.9 Å². The number of carbonyl (C=O) groups excluding carboxylic acids is 3. The van der Waals surface area contributed by atoms with Crippen molar-refractivity contribution >= 4 is 45.5 Å². The number of nitrogens with zero attached hydrogens (tertiary/aromatic N) is 1. The van der Waals surface area contributed by atoms with Crippen LogP contribution in [-0.4, -0.2) is 74.5 Å². The first-order chi connectivity index (χ1) is 14.3. The van der Waals surface area contributed by atoms with Crippen molar-refractivity contribution in [3.05, 3.63) is 0 Å². The van der Waals surface area contributed by atoms with Crippen LogP contribution in [0, 0.1) is 11.8 Å². The smallest absolute Gasteiger partial charge is 0.310 e. The molecule has 2 amide bonds. The zero-order chi connectivity index (χ0) is 22.1. The Kier molecular flexibility index (Phi) is 7.77. The van der Waals surface area contributed by atoms with Crippen LogP contribution >= 0.6 is 27.7 Å². The monoisotopic (exact) mass is 504 g/mol. The van der Waals surface area contributed by atoms with Crippen molar-refractivity contribution in [3.63, 3.8) is 0 Å². The summed E-state index contributed by atoms with van der Waals surface area (Å²) in [4.78, 5) is 41.6. The lowest BCUT2D eigenvalue weighted by molar-refractivity contribution is -0.153. The number of fused-ring (bicyclic) bond motifs is 1. The van der Waals surface area contributed by atoms with Crippen LogP contribution in [0.3, 0.4) is 0 Å². The molecule has 3 aliphatic rings. The Bertz CT molecular complexity index is 680.